The van der Waals surface area contributed by atoms with Crippen LogP contribution in [-0.2, 0) is 9.59 Å². The first kappa shape index (κ1) is 11.4. The van der Waals surface area contributed by atoms with E-state index in [1.807, 2.05) is 0 Å². The van der Waals surface area contributed by atoms with E-state index >= 15 is 0 Å². The van der Waals surface area contributed by atoms with Crippen LogP contribution < -0.4 is 9.84 Å². The molecule has 0 aliphatic carbocycles. The fourth-order valence-corrected chi connectivity index (χ4v) is 1.90. The van der Waals surface area contributed by atoms with E-state index in [0.717, 1.165) is 0 Å². The third kappa shape index (κ3) is 2.06. The lowest BCUT2D eigenvalue weighted by Crippen LogP contribution is -2.38. The number of amides is 1. The number of carboxylic acids is 1. The summed E-state index contributed by atoms with van der Waals surface area (Å²) in [5.41, 5.74) is 0.431. The summed E-state index contributed by atoms with van der Waals surface area (Å²) >= 11 is 0. The van der Waals surface area contributed by atoms with Crippen molar-refractivity contribution >= 4 is 17.6 Å². The Labute approximate surface area is 96.3 Å². The van der Waals surface area contributed by atoms with Crippen molar-refractivity contribution in [3.8, 4) is 5.75 Å². The number of anilines is 1. The summed E-state index contributed by atoms with van der Waals surface area (Å²) in [5, 5.41) is 8.98. The third-order valence-corrected chi connectivity index (χ3v) is 2.70. The van der Waals surface area contributed by atoms with Crippen LogP contribution in [0.25, 0.3) is 0 Å². The van der Waals surface area contributed by atoms with Gasteiger partial charge in [0.05, 0.1) is 0 Å². The molecule has 0 unspecified atom stereocenters. The molecule has 1 atom stereocenters. The molecule has 1 fully saturated rings. The Balaban J connectivity index is 2.29. The van der Waals surface area contributed by atoms with Gasteiger partial charge in [0, 0.05) is 16.6 Å². The van der Waals surface area contributed by atoms with Crippen LogP contribution in [0.1, 0.15) is 12.8 Å². The fourth-order valence-electron chi connectivity index (χ4n) is 1.90. The van der Waals surface area contributed by atoms with Gasteiger partial charge in [-0.1, -0.05) is 0 Å². The van der Waals surface area contributed by atoms with Crippen LogP contribution in [0.5, 0.6) is 5.75 Å². The Morgan fingerprint density at radius 3 is 2.59 bits per heavy atom. The van der Waals surface area contributed by atoms with E-state index in [0.29, 0.717) is 5.69 Å². The Morgan fingerprint density at radius 2 is 2.06 bits per heavy atom. The molecule has 6 heteroatoms. The average Bonchev–Trinajstić information content (AvgIpc) is 2.71. The molecule has 5 nitrogen and oxygen atoms in total. The molecule has 1 aromatic carbocycles. The minimum Gasteiger partial charge on any atom is -0.480 e. The van der Waals surface area contributed by atoms with Gasteiger partial charge >= 0.3 is 5.97 Å². The van der Waals surface area contributed by atoms with Crippen LogP contribution in [-0.4, -0.2) is 23.0 Å². The average molecular weight is 239 g/mol. The Hall–Kier alpha value is -2.11. The maximum atomic E-state index is 11.8. The number of carbonyl (C=O) groups excluding carboxylic acids is 1. The summed E-state index contributed by atoms with van der Waals surface area (Å²) in [7, 11) is 0. The van der Waals surface area contributed by atoms with E-state index in [1.54, 1.807) is 0 Å². The van der Waals surface area contributed by atoms with Gasteiger partial charge in [-0.25, -0.2) is 4.79 Å². The second kappa shape index (κ2) is 4.40. The molecule has 0 radical (unpaired) electrons. The van der Waals surface area contributed by atoms with Gasteiger partial charge in [0.15, 0.2) is 5.75 Å². The molecule has 1 heterocycles. The Morgan fingerprint density at radius 1 is 1.41 bits per heavy atom. The Kier molecular flexibility index (Phi) is 2.95. The maximum Gasteiger partial charge on any atom is 0.326 e. The van der Waals surface area contributed by atoms with Crippen molar-refractivity contribution in [3.63, 3.8) is 0 Å². The minimum absolute atomic E-state index is 0.00673. The van der Waals surface area contributed by atoms with E-state index in [2.05, 4.69) is 4.94 Å². The zero-order valence-electron chi connectivity index (χ0n) is 8.80. The number of aliphatic carboxylic acids is 1. The van der Waals surface area contributed by atoms with Crippen molar-refractivity contribution in [2.75, 3.05) is 4.90 Å². The summed E-state index contributed by atoms with van der Waals surface area (Å²) in [6, 6.07) is 4.72. The largest absolute Gasteiger partial charge is 0.480 e. The van der Waals surface area contributed by atoms with Gasteiger partial charge < -0.3 is 5.11 Å². The van der Waals surface area contributed by atoms with Crippen LogP contribution >= 0.6 is 0 Å². The molecule has 90 valence electrons. The SMILES string of the molecule is O=C(O)[C@@H]1CCC(=O)N1c1ccc(OF)cc1. The second-order valence-corrected chi connectivity index (χ2v) is 3.73. The van der Waals surface area contributed by atoms with E-state index in [9.17, 15) is 14.1 Å². The molecular formula is C11H10FNO4. The first-order valence-corrected chi connectivity index (χ1v) is 5.07. The maximum absolute atomic E-state index is 11.8. The van der Waals surface area contributed by atoms with Gasteiger partial charge in [-0.15, -0.1) is 0 Å². The summed E-state index contributed by atoms with van der Waals surface area (Å²) in [5.74, 6) is -1.28. The smallest absolute Gasteiger partial charge is 0.326 e. The van der Waals surface area contributed by atoms with E-state index in [4.69, 9.17) is 5.11 Å². The molecule has 1 saturated heterocycles. The number of carbonyl (C=O) groups is 2. The van der Waals surface area contributed by atoms with E-state index in [1.165, 1.54) is 29.2 Å². The molecule has 0 spiro atoms. The summed E-state index contributed by atoms with van der Waals surface area (Å²) in [6.45, 7) is 0. The normalized spacial score (nSPS) is 19.5. The van der Waals surface area contributed by atoms with Gasteiger partial charge in [-0.3, -0.25) is 14.6 Å². The lowest BCUT2D eigenvalue weighted by atomic mass is 10.2. The van der Waals surface area contributed by atoms with Crippen LogP contribution in [0, 0.1) is 0 Å². The summed E-state index contributed by atoms with van der Waals surface area (Å²) in [4.78, 5) is 27.3. The fraction of sp³-hybridized carbons (Fsp3) is 0.273. The zero-order valence-corrected chi connectivity index (χ0v) is 8.80. The molecule has 0 saturated carbocycles. The Bertz CT molecular complexity index is 445. The molecule has 1 amide bonds. The molecule has 1 aliphatic rings. The summed E-state index contributed by atoms with van der Waals surface area (Å²) in [6.07, 6.45) is 0.494. The molecule has 2 rings (SSSR count). The van der Waals surface area contributed by atoms with Crippen molar-refractivity contribution < 1.29 is 24.2 Å². The molecule has 1 aliphatic heterocycles. The van der Waals surface area contributed by atoms with Crippen molar-refractivity contribution in [1.29, 1.82) is 0 Å². The highest BCUT2D eigenvalue weighted by molar-refractivity contribution is 6.02. The van der Waals surface area contributed by atoms with Gasteiger partial charge in [-0.2, -0.15) is 0 Å². The number of hydrogen-bond donors (Lipinski definition) is 1. The predicted molar refractivity (Wildman–Crippen MR) is 56.3 cm³/mol. The van der Waals surface area contributed by atoms with Crippen LogP contribution in [0.3, 0.4) is 0 Å². The first-order valence-electron chi connectivity index (χ1n) is 5.07. The quantitative estimate of drug-likeness (QED) is 0.868. The predicted octanol–water partition coefficient (Wildman–Crippen LogP) is 1.53. The standard InChI is InChI=1S/C11H10FNO4/c12-17-8-3-1-7(2-4-8)13-9(11(15)16)5-6-10(13)14/h1-4,9H,5-6H2,(H,15,16)/t9-/m0/s1. The van der Waals surface area contributed by atoms with Gasteiger partial charge in [-0.05, 0) is 30.7 Å². The van der Waals surface area contributed by atoms with Gasteiger partial charge in [0.2, 0.25) is 5.91 Å². The van der Waals surface area contributed by atoms with Crippen molar-refractivity contribution in [2.45, 2.75) is 18.9 Å². The van der Waals surface area contributed by atoms with Gasteiger partial charge in [0.1, 0.15) is 6.04 Å². The minimum atomic E-state index is -1.04. The first-order chi connectivity index (χ1) is 8.13. The number of rotatable bonds is 3. The van der Waals surface area contributed by atoms with Crippen molar-refractivity contribution in [2.24, 2.45) is 0 Å². The number of carboxylic acid groups (broad SMARTS) is 1. The highest BCUT2D eigenvalue weighted by Gasteiger charge is 2.36. The highest BCUT2D eigenvalue weighted by Crippen LogP contribution is 2.28. The van der Waals surface area contributed by atoms with Crippen molar-refractivity contribution in [1.82, 2.24) is 0 Å². The number of benzene rings is 1. The van der Waals surface area contributed by atoms with Crippen LogP contribution in [0.15, 0.2) is 24.3 Å². The van der Waals surface area contributed by atoms with E-state index in [-0.39, 0.29) is 24.5 Å². The van der Waals surface area contributed by atoms with E-state index < -0.39 is 12.0 Å². The van der Waals surface area contributed by atoms with Crippen molar-refractivity contribution in [3.05, 3.63) is 24.3 Å². The monoisotopic (exact) mass is 239 g/mol. The molecule has 17 heavy (non-hydrogen) atoms. The lowest BCUT2D eigenvalue weighted by Gasteiger charge is -2.21. The van der Waals surface area contributed by atoms with Gasteiger partial charge in [0.25, 0.3) is 0 Å². The number of halogens is 1. The molecular weight excluding hydrogens is 229 g/mol. The molecule has 0 aromatic heterocycles. The third-order valence-electron chi connectivity index (χ3n) is 2.70. The number of nitrogens with zero attached hydrogens (tertiary/aromatic N) is 1. The second-order valence-electron chi connectivity index (χ2n) is 3.73. The topological polar surface area (TPSA) is 66.8 Å². The lowest BCUT2D eigenvalue weighted by molar-refractivity contribution is -0.138. The molecule has 0 bridgehead atoms. The van der Waals surface area contributed by atoms with Crippen LogP contribution in [0.2, 0.25) is 0 Å². The molecule has 1 aromatic rings. The zero-order chi connectivity index (χ0) is 12.4. The molecule has 1 N–H and O–H groups in total. The highest BCUT2D eigenvalue weighted by atomic mass is 19.3. The summed E-state index contributed by atoms with van der Waals surface area (Å²) < 4.78 is 11.8. The van der Waals surface area contributed by atoms with Crippen LogP contribution in [0.4, 0.5) is 10.2 Å². The number of hydrogen-bond acceptors (Lipinski definition) is 3.